The molecule has 0 atom stereocenters. The highest BCUT2D eigenvalue weighted by molar-refractivity contribution is 5.81. The molecular formula is C32H30F3NO3. The molecule has 0 saturated carbocycles. The average molecular weight is 534 g/mol. The van der Waals surface area contributed by atoms with Crippen LogP contribution in [0.5, 0.6) is 11.5 Å². The van der Waals surface area contributed by atoms with Crippen molar-refractivity contribution in [3.63, 3.8) is 0 Å². The molecule has 0 aliphatic heterocycles. The molecule has 0 N–H and O–H groups in total. The number of carbonyl (C=O) groups is 1. The minimum Gasteiger partial charge on any atom is -0.485 e. The van der Waals surface area contributed by atoms with E-state index in [1.54, 1.807) is 18.2 Å². The van der Waals surface area contributed by atoms with Gasteiger partial charge in [-0.15, -0.1) is 0 Å². The second-order valence-corrected chi connectivity index (χ2v) is 9.11. The Labute approximate surface area is 226 Å². The lowest BCUT2D eigenvalue weighted by Crippen LogP contribution is -2.43. The van der Waals surface area contributed by atoms with Gasteiger partial charge in [-0.3, -0.25) is 4.79 Å². The molecule has 39 heavy (non-hydrogen) atoms. The van der Waals surface area contributed by atoms with Gasteiger partial charge in [-0.2, -0.15) is 13.2 Å². The van der Waals surface area contributed by atoms with Crippen LogP contribution < -0.4 is 9.47 Å². The number of nitrogens with zero attached hydrogens (tertiary/aromatic N) is 1. The van der Waals surface area contributed by atoms with Crippen molar-refractivity contribution in [2.24, 2.45) is 0 Å². The highest BCUT2D eigenvalue weighted by atomic mass is 19.4. The number of benzene rings is 4. The number of alkyl halides is 3. The third-order valence-corrected chi connectivity index (χ3v) is 6.20. The maximum absolute atomic E-state index is 13.3. The third-order valence-electron chi connectivity index (χ3n) is 6.20. The summed E-state index contributed by atoms with van der Waals surface area (Å²) in [5.41, 5.74) is 3.58. The second kappa shape index (κ2) is 13.5. The summed E-state index contributed by atoms with van der Waals surface area (Å²) in [6.07, 6.45) is -4.37. The van der Waals surface area contributed by atoms with Gasteiger partial charge in [-0.25, -0.2) is 0 Å². The molecule has 0 spiro atoms. The summed E-state index contributed by atoms with van der Waals surface area (Å²) in [4.78, 5) is 13.0. The molecule has 0 aliphatic rings. The highest BCUT2D eigenvalue weighted by Crippen LogP contribution is 2.31. The van der Waals surface area contributed by atoms with E-state index >= 15 is 0 Å². The first-order chi connectivity index (χ1) is 18.9. The topological polar surface area (TPSA) is 38.8 Å². The molecule has 0 radical (unpaired) electrons. The van der Waals surface area contributed by atoms with Crippen LogP contribution in [0.15, 0.2) is 109 Å². The summed E-state index contributed by atoms with van der Waals surface area (Å²) >= 11 is 0. The summed E-state index contributed by atoms with van der Waals surface area (Å²) in [5, 5.41) is 0. The van der Waals surface area contributed by atoms with E-state index in [2.05, 4.69) is 0 Å². The fourth-order valence-corrected chi connectivity index (χ4v) is 4.08. The standard InChI is InChI=1S/C32H30F3NO3/c33-32(34,35)31(37)36(20-18-25-10-4-1-5-11-25)21-19-26-16-17-29(38-23-27-12-6-2-7-13-27)30(22-26)39-24-28-14-8-3-9-15-28/h1-17,22H,18-21,23-24H2. The molecule has 0 aromatic heterocycles. The molecule has 0 fully saturated rings. The predicted octanol–water partition coefficient (Wildman–Crippen LogP) is 7.02. The first-order valence-electron chi connectivity index (χ1n) is 12.7. The van der Waals surface area contributed by atoms with Gasteiger partial charge >= 0.3 is 12.1 Å². The molecule has 4 rings (SSSR count). The first kappa shape index (κ1) is 27.8. The Morgan fingerprint density at radius 3 is 1.56 bits per heavy atom. The molecule has 7 heteroatoms. The van der Waals surface area contributed by atoms with Gasteiger partial charge < -0.3 is 14.4 Å². The van der Waals surface area contributed by atoms with Crippen molar-refractivity contribution in [3.05, 3.63) is 131 Å². The first-order valence-corrected chi connectivity index (χ1v) is 12.7. The molecule has 4 aromatic carbocycles. The number of rotatable bonds is 12. The van der Waals surface area contributed by atoms with Gasteiger partial charge in [0.1, 0.15) is 13.2 Å². The number of amides is 1. The molecular weight excluding hydrogens is 503 g/mol. The van der Waals surface area contributed by atoms with Crippen molar-refractivity contribution >= 4 is 5.91 Å². The maximum atomic E-state index is 13.3. The van der Waals surface area contributed by atoms with Crippen molar-refractivity contribution in [1.29, 1.82) is 0 Å². The average Bonchev–Trinajstić information content (AvgIpc) is 2.96. The minimum atomic E-state index is -4.93. The van der Waals surface area contributed by atoms with Crippen LogP contribution in [-0.4, -0.2) is 30.1 Å². The van der Waals surface area contributed by atoms with Gasteiger partial charge in [-0.05, 0) is 47.2 Å². The smallest absolute Gasteiger partial charge is 0.471 e. The molecule has 0 aliphatic carbocycles. The molecule has 4 aromatic rings. The van der Waals surface area contributed by atoms with Crippen LogP contribution in [0.3, 0.4) is 0 Å². The Hall–Kier alpha value is -4.26. The molecule has 4 nitrogen and oxygen atoms in total. The fourth-order valence-electron chi connectivity index (χ4n) is 4.08. The van der Waals surface area contributed by atoms with Crippen molar-refractivity contribution in [2.75, 3.05) is 13.1 Å². The zero-order valence-electron chi connectivity index (χ0n) is 21.4. The van der Waals surface area contributed by atoms with Crippen LogP contribution in [0, 0.1) is 0 Å². The van der Waals surface area contributed by atoms with Crippen LogP contribution in [0.1, 0.15) is 22.3 Å². The lowest BCUT2D eigenvalue weighted by molar-refractivity contribution is -0.185. The van der Waals surface area contributed by atoms with Gasteiger partial charge in [0.25, 0.3) is 0 Å². The number of hydrogen-bond acceptors (Lipinski definition) is 3. The molecule has 1 amide bonds. The zero-order chi connectivity index (χ0) is 27.5. The van der Waals surface area contributed by atoms with E-state index in [0.717, 1.165) is 27.2 Å². The van der Waals surface area contributed by atoms with Gasteiger partial charge in [0.2, 0.25) is 0 Å². The van der Waals surface area contributed by atoms with Crippen LogP contribution in [-0.2, 0) is 30.8 Å². The van der Waals surface area contributed by atoms with Crippen LogP contribution in [0.2, 0.25) is 0 Å². The molecule has 202 valence electrons. The maximum Gasteiger partial charge on any atom is 0.471 e. The number of halogens is 3. The predicted molar refractivity (Wildman–Crippen MR) is 144 cm³/mol. The largest absolute Gasteiger partial charge is 0.485 e. The van der Waals surface area contributed by atoms with E-state index in [9.17, 15) is 18.0 Å². The van der Waals surface area contributed by atoms with E-state index in [1.807, 2.05) is 91.0 Å². The number of ether oxygens (including phenoxy) is 2. The third kappa shape index (κ3) is 8.64. The monoisotopic (exact) mass is 533 g/mol. The van der Waals surface area contributed by atoms with E-state index < -0.39 is 12.1 Å². The quantitative estimate of drug-likeness (QED) is 0.196. The highest BCUT2D eigenvalue weighted by Gasteiger charge is 2.42. The Balaban J connectivity index is 1.48. The van der Waals surface area contributed by atoms with Gasteiger partial charge in [-0.1, -0.05) is 97.1 Å². The molecule has 0 saturated heterocycles. The van der Waals surface area contributed by atoms with Crippen LogP contribution >= 0.6 is 0 Å². The van der Waals surface area contributed by atoms with E-state index in [4.69, 9.17) is 9.47 Å². The molecule has 0 bridgehead atoms. The Morgan fingerprint density at radius 2 is 1.05 bits per heavy atom. The van der Waals surface area contributed by atoms with Gasteiger partial charge in [0.05, 0.1) is 0 Å². The van der Waals surface area contributed by atoms with Gasteiger partial charge in [0.15, 0.2) is 11.5 Å². The summed E-state index contributed by atoms with van der Waals surface area (Å²) in [7, 11) is 0. The SMILES string of the molecule is O=C(N(CCc1ccccc1)CCc1ccc(OCc2ccccc2)c(OCc2ccccc2)c1)C(F)(F)F. The summed E-state index contributed by atoms with van der Waals surface area (Å²) in [6, 6.07) is 33.8. The minimum absolute atomic E-state index is 0.0298. The van der Waals surface area contributed by atoms with Crippen molar-refractivity contribution in [3.8, 4) is 11.5 Å². The van der Waals surface area contributed by atoms with E-state index in [0.29, 0.717) is 31.1 Å². The zero-order valence-corrected chi connectivity index (χ0v) is 21.4. The van der Waals surface area contributed by atoms with Crippen LogP contribution in [0.25, 0.3) is 0 Å². The summed E-state index contributed by atoms with van der Waals surface area (Å²) in [6.45, 7) is 0.544. The molecule has 0 unspecified atom stereocenters. The lowest BCUT2D eigenvalue weighted by Gasteiger charge is -2.24. The summed E-state index contributed by atoms with van der Waals surface area (Å²) in [5.74, 6) is -0.807. The Morgan fingerprint density at radius 1 is 0.590 bits per heavy atom. The lowest BCUT2D eigenvalue weighted by atomic mass is 10.1. The van der Waals surface area contributed by atoms with Gasteiger partial charge in [0, 0.05) is 13.1 Å². The van der Waals surface area contributed by atoms with E-state index in [-0.39, 0.29) is 19.5 Å². The van der Waals surface area contributed by atoms with Crippen molar-refractivity contribution < 1.29 is 27.4 Å². The Kier molecular flexibility index (Phi) is 9.62. The van der Waals surface area contributed by atoms with Crippen molar-refractivity contribution in [1.82, 2.24) is 4.90 Å². The Bertz CT molecular complexity index is 1310. The number of carbonyl (C=O) groups excluding carboxylic acids is 1. The normalized spacial score (nSPS) is 11.2. The van der Waals surface area contributed by atoms with E-state index in [1.165, 1.54) is 0 Å². The van der Waals surface area contributed by atoms with Crippen LogP contribution in [0.4, 0.5) is 13.2 Å². The fraction of sp³-hybridized carbons (Fsp3) is 0.219. The number of hydrogen-bond donors (Lipinski definition) is 0. The summed E-state index contributed by atoms with van der Waals surface area (Å²) < 4.78 is 52.1. The molecule has 0 heterocycles. The van der Waals surface area contributed by atoms with Crippen molar-refractivity contribution in [2.45, 2.75) is 32.2 Å². The second-order valence-electron chi connectivity index (χ2n) is 9.11.